The normalized spacial score (nSPS) is 10.8. The van der Waals surface area contributed by atoms with E-state index in [1.165, 1.54) is 5.56 Å². The number of hydrogen-bond acceptors (Lipinski definition) is 2. The van der Waals surface area contributed by atoms with Crippen LogP contribution in [0.3, 0.4) is 0 Å². The zero-order chi connectivity index (χ0) is 12.8. The van der Waals surface area contributed by atoms with E-state index in [1.54, 1.807) is 6.21 Å². The van der Waals surface area contributed by atoms with E-state index < -0.39 is 0 Å². The number of rotatable bonds is 4. The summed E-state index contributed by atoms with van der Waals surface area (Å²) in [6, 6.07) is 15.6. The Bertz CT molecular complexity index is 552. The van der Waals surface area contributed by atoms with Crippen LogP contribution in [0, 0.1) is 6.92 Å². The molecule has 0 amide bonds. The molecule has 0 aliphatic carbocycles. The molecular formula is C15H14ClNO. The van der Waals surface area contributed by atoms with Crippen molar-refractivity contribution >= 4 is 17.8 Å². The average molecular weight is 260 g/mol. The first kappa shape index (κ1) is 12.7. The number of aryl methyl sites for hydroxylation is 1. The minimum absolute atomic E-state index is 0.420. The van der Waals surface area contributed by atoms with Gasteiger partial charge in [-0.3, -0.25) is 0 Å². The maximum atomic E-state index is 5.88. The van der Waals surface area contributed by atoms with Gasteiger partial charge in [-0.1, -0.05) is 58.7 Å². The van der Waals surface area contributed by atoms with E-state index in [1.807, 2.05) is 55.5 Å². The van der Waals surface area contributed by atoms with E-state index in [-0.39, 0.29) is 0 Å². The van der Waals surface area contributed by atoms with Gasteiger partial charge >= 0.3 is 0 Å². The van der Waals surface area contributed by atoms with Crippen molar-refractivity contribution in [2.24, 2.45) is 5.16 Å². The topological polar surface area (TPSA) is 21.6 Å². The summed E-state index contributed by atoms with van der Waals surface area (Å²) in [4.78, 5) is 5.23. The molecule has 0 aliphatic rings. The van der Waals surface area contributed by atoms with Crippen molar-refractivity contribution in [1.82, 2.24) is 0 Å². The molecule has 92 valence electrons. The molecule has 0 spiro atoms. The summed E-state index contributed by atoms with van der Waals surface area (Å²) in [7, 11) is 0. The first-order valence-corrected chi connectivity index (χ1v) is 6.08. The van der Waals surface area contributed by atoms with Gasteiger partial charge in [-0.05, 0) is 30.2 Å². The van der Waals surface area contributed by atoms with Crippen LogP contribution in [-0.2, 0) is 11.4 Å². The van der Waals surface area contributed by atoms with E-state index in [9.17, 15) is 0 Å². The predicted octanol–water partition coefficient (Wildman–Crippen LogP) is 4.20. The number of nitrogens with zero attached hydrogens (tertiary/aromatic N) is 1. The third kappa shape index (κ3) is 3.90. The van der Waals surface area contributed by atoms with Crippen LogP contribution in [-0.4, -0.2) is 6.21 Å². The highest BCUT2D eigenvalue weighted by molar-refractivity contribution is 6.30. The van der Waals surface area contributed by atoms with Crippen LogP contribution in [0.1, 0.15) is 16.7 Å². The number of halogens is 1. The summed E-state index contributed by atoms with van der Waals surface area (Å²) in [6.07, 6.45) is 1.71. The Morgan fingerprint density at radius 1 is 1.17 bits per heavy atom. The summed E-state index contributed by atoms with van der Waals surface area (Å²) in [6.45, 7) is 2.47. The molecule has 0 N–H and O–H groups in total. The highest BCUT2D eigenvalue weighted by Crippen LogP contribution is 2.11. The second kappa shape index (κ2) is 6.22. The van der Waals surface area contributed by atoms with Crippen LogP contribution in [0.5, 0.6) is 0 Å². The molecule has 0 unspecified atom stereocenters. The maximum absolute atomic E-state index is 5.88. The van der Waals surface area contributed by atoms with Gasteiger partial charge in [-0.2, -0.15) is 0 Å². The molecule has 0 saturated heterocycles. The summed E-state index contributed by atoms with van der Waals surface area (Å²) < 4.78 is 0. The monoisotopic (exact) mass is 259 g/mol. The van der Waals surface area contributed by atoms with Gasteiger partial charge in [0.05, 0.1) is 6.21 Å². The summed E-state index contributed by atoms with van der Waals surface area (Å²) in [5.74, 6) is 0. The Hall–Kier alpha value is -1.80. The van der Waals surface area contributed by atoms with Gasteiger partial charge in [0, 0.05) is 5.02 Å². The molecule has 2 aromatic carbocycles. The largest absolute Gasteiger partial charge is 0.391 e. The third-order valence-electron chi connectivity index (χ3n) is 2.44. The van der Waals surface area contributed by atoms with Crippen molar-refractivity contribution in [2.45, 2.75) is 13.5 Å². The Morgan fingerprint density at radius 3 is 2.78 bits per heavy atom. The quantitative estimate of drug-likeness (QED) is 0.596. The minimum atomic E-state index is 0.420. The highest BCUT2D eigenvalue weighted by atomic mass is 35.5. The molecule has 0 atom stereocenters. The Morgan fingerprint density at radius 2 is 2.00 bits per heavy atom. The number of hydrogen-bond donors (Lipinski definition) is 0. The van der Waals surface area contributed by atoms with Crippen molar-refractivity contribution in [3.8, 4) is 0 Å². The zero-order valence-electron chi connectivity index (χ0n) is 10.1. The molecule has 0 saturated carbocycles. The van der Waals surface area contributed by atoms with Gasteiger partial charge in [-0.25, -0.2) is 0 Å². The summed E-state index contributed by atoms with van der Waals surface area (Å²) >= 11 is 5.88. The van der Waals surface area contributed by atoms with Crippen LogP contribution < -0.4 is 0 Å². The molecule has 0 fully saturated rings. The molecule has 3 heteroatoms. The SMILES string of the molecule is Cc1cccc(C=NOCc2cccc(Cl)c2)c1. The fraction of sp³-hybridized carbons (Fsp3) is 0.133. The van der Waals surface area contributed by atoms with E-state index in [2.05, 4.69) is 5.16 Å². The first-order chi connectivity index (χ1) is 8.74. The van der Waals surface area contributed by atoms with Gasteiger partial charge < -0.3 is 4.84 Å². The van der Waals surface area contributed by atoms with Crippen LogP contribution in [0.25, 0.3) is 0 Å². The van der Waals surface area contributed by atoms with Crippen LogP contribution >= 0.6 is 11.6 Å². The molecule has 18 heavy (non-hydrogen) atoms. The zero-order valence-corrected chi connectivity index (χ0v) is 10.9. The van der Waals surface area contributed by atoms with Gasteiger partial charge in [0.25, 0.3) is 0 Å². The fourth-order valence-electron chi connectivity index (χ4n) is 1.59. The maximum Gasteiger partial charge on any atom is 0.142 e. The highest BCUT2D eigenvalue weighted by Gasteiger charge is 1.94. The van der Waals surface area contributed by atoms with E-state index >= 15 is 0 Å². The third-order valence-corrected chi connectivity index (χ3v) is 2.67. The molecular weight excluding hydrogens is 246 g/mol. The lowest BCUT2D eigenvalue weighted by molar-refractivity contribution is 0.132. The van der Waals surface area contributed by atoms with Crippen molar-refractivity contribution in [3.05, 3.63) is 70.2 Å². The van der Waals surface area contributed by atoms with E-state index in [0.717, 1.165) is 11.1 Å². The molecule has 0 heterocycles. The van der Waals surface area contributed by atoms with Gasteiger partial charge in [0.15, 0.2) is 0 Å². The summed E-state index contributed by atoms with van der Waals surface area (Å²) in [5, 5.41) is 4.65. The Labute approximate surface area is 112 Å². The van der Waals surface area contributed by atoms with Crippen molar-refractivity contribution in [3.63, 3.8) is 0 Å². The van der Waals surface area contributed by atoms with Crippen molar-refractivity contribution in [2.75, 3.05) is 0 Å². The van der Waals surface area contributed by atoms with Gasteiger partial charge in [0.1, 0.15) is 6.61 Å². The molecule has 0 aromatic heterocycles. The van der Waals surface area contributed by atoms with Crippen LogP contribution in [0.15, 0.2) is 53.7 Å². The molecule has 0 radical (unpaired) electrons. The van der Waals surface area contributed by atoms with Crippen LogP contribution in [0.4, 0.5) is 0 Å². The Balaban J connectivity index is 1.89. The molecule has 2 nitrogen and oxygen atoms in total. The smallest absolute Gasteiger partial charge is 0.142 e. The van der Waals surface area contributed by atoms with E-state index in [0.29, 0.717) is 11.6 Å². The predicted molar refractivity (Wildman–Crippen MR) is 75.0 cm³/mol. The lowest BCUT2D eigenvalue weighted by atomic mass is 10.2. The van der Waals surface area contributed by atoms with Gasteiger partial charge in [-0.15, -0.1) is 0 Å². The van der Waals surface area contributed by atoms with Crippen molar-refractivity contribution < 1.29 is 4.84 Å². The minimum Gasteiger partial charge on any atom is -0.391 e. The number of oxime groups is 1. The average Bonchev–Trinajstić information content (AvgIpc) is 2.35. The second-order valence-electron chi connectivity index (χ2n) is 4.05. The Kier molecular flexibility index (Phi) is 4.37. The first-order valence-electron chi connectivity index (χ1n) is 5.70. The lowest BCUT2D eigenvalue weighted by Gasteiger charge is -2.00. The number of benzene rings is 2. The van der Waals surface area contributed by atoms with Crippen molar-refractivity contribution in [1.29, 1.82) is 0 Å². The van der Waals surface area contributed by atoms with Gasteiger partial charge in [0.2, 0.25) is 0 Å². The lowest BCUT2D eigenvalue weighted by Crippen LogP contribution is -1.88. The molecule has 2 aromatic rings. The molecule has 0 bridgehead atoms. The second-order valence-corrected chi connectivity index (χ2v) is 4.49. The van der Waals surface area contributed by atoms with E-state index in [4.69, 9.17) is 16.4 Å². The molecule has 0 aliphatic heterocycles. The fourth-order valence-corrected chi connectivity index (χ4v) is 1.80. The standard InChI is InChI=1S/C15H14ClNO/c1-12-4-2-5-13(8-12)10-17-18-11-14-6-3-7-15(16)9-14/h2-10H,11H2,1H3. The summed E-state index contributed by atoms with van der Waals surface area (Å²) in [5.41, 5.74) is 3.23. The molecule has 2 rings (SSSR count). The van der Waals surface area contributed by atoms with Crippen LogP contribution in [0.2, 0.25) is 5.02 Å².